The molecule has 0 unspecified atom stereocenters. The summed E-state index contributed by atoms with van der Waals surface area (Å²) in [5.74, 6) is 0.416. The Morgan fingerprint density at radius 1 is 1.20 bits per heavy atom. The van der Waals surface area contributed by atoms with Crippen molar-refractivity contribution < 1.29 is 17.9 Å². The average molecular weight is 284 g/mol. The molecule has 2 aromatic rings. The second-order valence-corrected chi connectivity index (χ2v) is 3.86. The fourth-order valence-electron chi connectivity index (χ4n) is 1.53. The molecule has 1 aromatic heterocycles. The van der Waals surface area contributed by atoms with E-state index in [4.69, 9.17) is 10.5 Å². The van der Waals surface area contributed by atoms with Gasteiger partial charge in [0.1, 0.15) is 5.82 Å². The van der Waals surface area contributed by atoms with Crippen LogP contribution in [-0.2, 0) is 6.18 Å². The van der Waals surface area contributed by atoms with E-state index in [1.54, 1.807) is 0 Å². The molecule has 20 heavy (non-hydrogen) atoms. The van der Waals surface area contributed by atoms with Crippen LogP contribution in [0, 0.1) is 0 Å². The SMILES string of the molecule is COc1cc(Nc2cccc(C(F)(F)F)c2)nc(N)n1. The van der Waals surface area contributed by atoms with Gasteiger partial charge in [0.2, 0.25) is 11.8 Å². The van der Waals surface area contributed by atoms with Crippen molar-refractivity contribution in [1.82, 2.24) is 9.97 Å². The lowest BCUT2D eigenvalue weighted by molar-refractivity contribution is -0.137. The zero-order valence-corrected chi connectivity index (χ0v) is 10.4. The van der Waals surface area contributed by atoms with E-state index in [0.717, 1.165) is 12.1 Å². The van der Waals surface area contributed by atoms with E-state index in [1.807, 2.05) is 0 Å². The summed E-state index contributed by atoms with van der Waals surface area (Å²) in [6.45, 7) is 0. The predicted octanol–water partition coefficient (Wildman–Crippen LogP) is 2.83. The molecule has 0 atom stereocenters. The van der Waals surface area contributed by atoms with Crippen molar-refractivity contribution in [2.75, 3.05) is 18.2 Å². The fraction of sp³-hybridized carbons (Fsp3) is 0.167. The van der Waals surface area contributed by atoms with Crippen molar-refractivity contribution in [3.63, 3.8) is 0 Å². The summed E-state index contributed by atoms with van der Waals surface area (Å²) >= 11 is 0. The summed E-state index contributed by atoms with van der Waals surface area (Å²) < 4.78 is 42.7. The van der Waals surface area contributed by atoms with Gasteiger partial charge in [0, 0.05) is 11.8 Å². The molecular weight excluding hydrogens is 273 g/mol. The number of halogens is 3. The minimum atomic E-state index is -4.40. The van der Waals surface area contributed by atoms with Crippen LogP contribution in [0.15, 0.2) is 30.3 Å². The number of nitrogen functional groups attached to an aromatic ring is 1. The van der Waals surface area contributed by atoms with Crippen LogP contribution in [0.25, 0.3) is 0 Å². The van der Waals surface area contributed by atoms with Gasteiger partial charge in [-0.3, -0.25) is 0 Å². The Labute approximate surface area is 112 Å². The van der Waals surface area contributed by atoms with Crippen LogP contribution < -0.4 is 15.8 Å². The van der Waals surface area contributed by atoms with Crippen LogP contribution >= 0.6 is 0 Å². The molecule has 2 rings (SSSR count). The molecule has 1 heterocycles. The quantitative estimate of drug-likeness (QED) is 0.906. The van der Waals surface area contributed by atoms with E-state index in [2.05, 4.69) is 15.3 Å². The Morgan fingerprint density at radius 2 is 1.95 bits per heavy atom. The molecule has 5 nitrogen and oxygen atoms in total. The molecule has 0 aliphatic rings. The smallest absolute Gasteiger partial charge is 0.416 e. The van der Waals surface area contributed by atoms with Crippen LogP contribution in [-0.4, -0.2) is 17.1 Å². The first-order valence-corrected chi connectivity index (χ1v) is 5.51. The number of rotatable bonds is 3. The summed E-state index contributed by atoms with van der Waals surface area (Å²) in [4.78, 5) is 7.64. The van der Waals surface area contributed by atoms with E-state index >= 15 is 0 Å². The minimum Gasteiger partial charge on any atom is -0.481 e. The monoisotopic (exact) mass is 284 g/mol. The van der Waals surface area contributed by atoms with Gasteiger partial charge in [0.15, 0.2) is 0 Å². The van der Waals surface area contributed by atoms with Gasteiger partial charge in [0.05, 0.1) is 12.7 Å². The highest BCUT2D eigenvalue weighted by molar-refractivity contribution is 5.59. The fourth-order valence-corrected chi connectivity index (χ4v) is 1.53. The van der Waals surface area contributed by atoms with E-state index in [-0.39, 0.29) is 23.3 Å². The van der Waals surface area contributed by atoms with Gasteiger partial charge in [-0.15, -0.1) is 0 Å². The van der Waals surface area contributed by atoms with Gasteiger partial charge in [-0.1, -0.05) is 6.07 Å². The lowest BCUT2D eigenvalue weighted by atomic mass is 10.2. The molecule has 3 N–H and O–H groups in total. The van der Waals surface area contributed by atoms with E-state index < -0.39 is 11.7 Å². The molecule has 0 aliphatic heterocycles. The number of nitrogens with two attached hydrogens (primary N) is 1. The zero-order chi connectivity index (χ0) is 14.8. The second-order valence-electron chi connectivity index (χ2n) is 3.86. The normalized spacial score (nSPS) is 11.2. The standard InChI is InChI=1S/C12H11F3N4O/c1-20-10-6-9(18-11(16)19-10)17-8-4-2-3-7(5-8)12(13,14)15/h2-6H,1H3,(H3,16,17,18,19). The van der Waals surface area contributed by atoms with Gasteiger partial charge in [-0.05, 0) is 18.2 Å². The molecule has 106 valence electrons. The topological polar surface area (TPSA) is 73.1 Å². The maximum atomic E-state index is 12.6. The van der Waals surface area contributed by atoms with Crippen LogP contribution in [0.3, 0.4) is 0 Å². The van der Waals surface area contributed by atoms with Crippen LogP contribution in [0.1, 0.15) is 5.56 Å². The second kappa shape index (κ2) is 5.24. The van der Waals surface area contributed by atoms with Gasteiger partial charge < -0.3 is 15.8 Å². The molecule has 1 aromatic carbocycles. The van der Waals surface area contributed by atoms with Crippen molar-refractivity contribution in [2.24, 2.45) is 0 Å². The van der Waals surface area contributed by atoms with Crippen LogP contribution in [0.5, 0.6) is 5.88 Å². The summed E-state index contributed by atoms with van der Waals surface area (Å²) in [5.41, 5.74) is 4.95. The number of hydrogen-bond acceptors (Lipinski definition) is 5. The lowest BCUT2D eigenvalue weighted by Crippen LogP contribution is -2.06. The molecule has 0 radical (unpaired) electrons. The minimum absolute atomic E-state index is 0.0428. The number of nitrogens with one attached hydrogen (secondary N) is 1. The molecule has 0 amide bonds. The Morgan fingerprint density at radius 3 is 2.60 bits per heavy atom. The zero-order valence-electron chi connectivity index (χ0n) is 10.4. The summed E-state index contributed by atoms with van der Waals surface area (Å²) in [6, 6.07) is 6.18. The van der Waals surface area contributed by atoms with Gasteiger partial charge >= 0.3 is 6.18 Å². The summed E-state index contributed by atoms with van der Waals surface area (Å²) in [6.07, 6.45) is -4.40. The third-order valence-electron chi connectivity index (χ3n) is 2.39. The number of methoxy groups -OCH3 is 1. The first-order valence-electron chi connectivity index (χ1n) is 5.51. The number of aromatic nitrogens is 2. The molecule has 0 saturated heterocycles. The molecule has 0 bridgehead atoms. The number of anilines is 3. The molecule has 0 spiro atoms. The Bertz CT molecular complexity index is 616. The summed E-state index contributed by atoms with van der Waals surface area (Å²) in [7, 11) is 1.40. The van der Waals surface area contributed by atoms with Gasteiger partial charge in [-0.25, -0.2) is 0 Å². The van der Waals surface area contributed by atoms with Crippen molar-refractivity contribution in [1.29, 1.82) is 0 Å². The molecular formula is C12H11F3N4O. The number of benzene rings is 1. The Kier molecular flexibility index (Phi) is 3.64. The Balaban J connectivity index is 2.28. The lowest BCUT2D eigenvalue weighted by Gasteiger charge is -2.11. The maximum Gasteiger partial charge on any atom is 0.416 e. The third-order valence-corrected chi connectivity index (χ3v) is 2.39. The molecule has 8 heteroatoms. The third kappa shape index (κ3) is 3.28. The molecule has 0 aliphatic carbocycles. The highest BCUT2D eigenvalue weighted by Gasteiger charge is 2.30. The highest BCUT2D eigenvalue weighted by atomic mass is 19.4. The average Bonchev–Trinajstić information content (AvgIpc) is 2.37. The largest absolute Gasteiger partial charge is 0.481 e. The van der Waals surface area contributed by atoms with Crippen LogP contribution in [0.4, 0.5) is 30.6 Å². The van der Waals surface area contributed by atoms with Gasteiger partial charge in [-0.2, -0.15) is 23.1 Å². The first kappa shape index (κ1) is 13.9. The van der Waals surface area contributed by atoms with Crippen molar-refractivity contribution in [3.8, 4) is 5.88 Å². The van der Waals surface area contributed by atoms with Crippen LogP contribution in [0.2, 0.25) is 0 Å². The number of nitrogens with zero attached hydrogens (tertiary/aromatic N) is 2. The number of hydrogen-bond donors (Lipinski definition) is 2. The van der Waals surface area contributed by atoms with E-state index in [9.17, 15) is 13.2 Å². The highest BCUT2D eigenvalue weighted by Crippen LogP contribution is 2.31. The maximum absolute atomic E-state index is 12.6. The van der Waals surface area contributed by atoms with E-state index in [1.165, 1.54) is 25.3 Å². The van der Waals surface area contributed by atoms with Crippen molar-refractivity contribution in [3.05, 3.63) is 35.9 Å². The Hall–Kier alpha value is -2.51. The molecule has 0 fully saturated rings. The first-order chi connectivity index (χ1) is 9.38. The van der Waals surface area contributed by atoms with Crippen molar-refractivity contribution >= 4 is 17.5 Å². The molecule has 0 saturated carbocycles. The summed E-state index contributed by atoms with van der Waals surface area (Å²) in [5, 5.41) is 2.72. The number of alkyl halides is 3. The van der Waals surface area contributed by atoms with Crippen molar-refractivity contribution in [2.45, 2.75) is 6.18 Å². The van der Waals surface area contributed by atoms with Gasteiger partial charge in [0.25, 0.3) is 0 Å². The predicted molar refractivity (Wildman–Crippen MR) is 67.7 cm³/mol. The number of ether oxygens (including phenoxy) is 1. The van der Waals surface area contributed by atoms with E-state index in [0.29, 0.717) is 0 Å².